The molecule has 0 aromatic heterocycles. The molecule has 2 N–H and O–H groups in total. The molecule has 2 aromatic carbocycles. The van der Waals surface area contributed by atoms with Gasteiger partial charge < -0.3 is 20.1 Å². The van der Waals surface area contributed by atoms with Crippen LogP contribution in [0.4, 0.5) is 0 Å². The highest BCUT2D eigenvalue weighted by molar-refractivity contribution is 5.85. The molecule has 0 spiro atoms. The van der Waals surface area contributed by atoms with Crippen molar-refractivity contribution in [2.45, 2.75) is 13.5 Å². The number of carbonyl (C=O) groups is 1. The Morgan fingerprint density at radius 3 is 2.24 bits per heavy atom. The van der Waals surface area contributed by atoms with Crippen molar-refractivity contribution in [2.75, 3.05) is 26.2 Å². The molecule has 0 aliphatic heterocycles. The highest BCUT2D eigenvalue weighted by Gasteiger charge is 2.07. The molecule has 0 unspecified atom stereocenters. The number of carbonyl (C=O) groups excluding carboxylic acids is 1. The van der Waals surface area contributed by atoms with Gasteiger partial charge in [-0.2, -0.15) is 0 Å². The van der Waals surface area contributed by atoms with Crippen molar-refractivity contribution in [3.05, 3.63) is 60.2 Å². The second-order valence-corrected chi connectivity index (χ2v) is 5.21. The molecule has 0 aliphatic carbocycles. The van der Waals surface area contributed by atoms with Crippen molar-refractivity contribution in [2.24, 2.45) is 0 Å². The van der Waals surface area contributed by atoms with Crippen LogP contribution < -0.4 is 20.1 Å². The summed E-state index contributed by atoms with van der Waals surface area (Å²) in [4.78, 5) is 11.8. The minimum Gasteiger partial charge on any atom is -0.485 e. The molecule has 0 heterocycles. The first-order chi connectivity index (χ1) is 11.8. The van der Waals surface area contributed by atoms with E-state index in [0.29, 0.717) is 24.7 Å². The van der Waals surface area contributed by atoms with Gasteiger partial charge in [0.2, 0.25) is 0 Å². The summed E-state index contributed by atoms with van der Waals surface area (Å²) in [5.41, 5.74) is 1.08. The summed E-state index contributed by atoms with van der Waals surface area (Å²) in [6, 6.07) is 17.3. The van der Waals surface area contributed by atoms with Crippen LogP contribution in [-0.2, 0) is 11.4 Å². The lowest BCUT2D eigenvalue weighted by molar-refractivity contribution is -0.123. The Kier molecular flexibility index (Phi) is 10.1. The van der Waals surface area contributed by atoms with Gasteiger partial charge in [-0.1, -0.05) is 49.4 Å². The van der Waals surface area contributed by atoms with E-state index in [1.165, 1.54) is 0 Å². The van der Waals surface area contributed by atoms with Gasteiger partial charge in [0.15, 0.2) is 18.1 Å². The predicted octanol–water partition coefficient (Wildman–Crippen LogP) is 2.79. The van der Waals surface area contributed by atoms with E-state index < -0.39 is 0 Å². The molecular formula is C19H25ClN2O3. The Balaban J connectivity index is 0.00000312. The van der Waals surface area contributed by atoms with Crippen LogP contribution in [-0.4, -0.2) is 32.1 Å². The van der Waals surface area contributed by atoms with Gasteiger partial charge in [0.25, 0.3) is 5.91 Å². The van der Waals surface area contributed by atoms with Gasteiger partial charge in [-0.25, -0.2) is 0 Å². The molecule has 6 heteroatoms. The highest BCUT2D eigenvalue weighted by Crippen LogP contribution is 2.27. The molecule has 0 bridgehead atoms. The van der Waals surface area contributed by atoms with Gasteiger partial charge in [-0.15, -0.1) is 12.4 Å². The number of rotatable bonds is 10. The summed E-state index contributed by atoms with van der Waals surface area (Å²) in [6.45, 7) is 4.67. The van der Waals surface area contributed by atoms with Crippen molar-refractivity contribution in [1.29, 1.82) is 0 Å². The maximum atomic E-state index is 11.8. The molecule has 0 aliphatic rings. The van der Waals surface area contributed by atoms with Gasteiger partial charge >= 0.3 is 0 Å². The first-order valence-electron chi connectivity index (χ1n) is 8.15. The van der Waals surface area contributed by atoms with Crippen LogP contribution in [0.15, 0.2) is 54.6 Å². The lowest BCUT2D eigenvalue weighted by Gasteiger charge is -2.13. The largest absolute Gasteiger partial charge is 0.485 e. The fourth-order valence-electron chi connectivity index (χ4n) is 2.09. The smallest absolute Gasteiger partial charge is 0.257 e. The number of para-hydroxylation sites is 2. The number of hydrogen-bond donors (Lipinski definition) is 2. The van der Waals surface area contributed by atoms with Crippen LogP contribution in [0.2, 0.25) is 0 Å². The summed E-state index contributed by atoms with van der Waals surface area (Å²) < 4.78 is 11.4. The molecule has 0 fully saturated rings. The van der Waals surface area contributed by atoms with E-state index in [1.54, 1.807) is 6.07 Å². The number of halogens is 1. The summed E-state index contributed by atoms with van der Waals surface area (Å²) in [6.07, 6.45) is 0. The van der Waals surface area contributed by atoms with Crippen molar-refractivity contribution in [3.63, 3.8) is 0 Å². The molecule has 0 atom stereocenters. The molecule has 5 nitrogen and oxygen atoms in total. The third kappa shape index (κ3) is 7.92. The van der Waals surface area contributed by atoms with Crippen LogP contribution in [0, 0.1) is 0 Å². The normalized spacial score (nSPS) is 9.80. The fraction of sp³-hybridized carbons (Fsp3) is 0.316. The van der Waals surface area contributed by atoms with E-state index >= 15 is 0 Å². The fourth-order valence-corrected chi connectivity index (χ4v) is 2.09. The average Bonchev–Trinajstić information content (AvgIpc) is 2.63. The molecule has 1 amide bonds. The molecule has 136 valence electrons. The van der Waals surface area contributed by atoms with Crippen molar-refractivity contribution >= 4 is 18.3 Å². The monoisotopic (exact) mass is 364 g/mol. The van der Waals surface area contributed by atoms with Crippen molar-refractivity contribution < 1.29 is 14.3 Å². The average molecular weight is 365 g/mol. The Morgan fingerprint density at radius 1 is 0.920 bits per heavy atom. The number of hydrogen-bond acceptors (Lipinski definition) is 4. The Labute approximate surface area is 155 Å². The Bertz CT molecular complexity index is 623. The zero-order valence-corrected chi connectivity index (χ0v) is 15.2. The van der Waals surface area contributed by atoms with E-state index in [2.05, 4.69) is 10.6 Å². The number of likely N-dealkylation sites (N-methyl/N-ethyl adjacent to an activating group) is 1. The highest BCUT2D eigenvalue weighted by atomic mass is 35.5. The summed E-state index contributed by atoms with van der Waals surface area (Å²) in [5.74, 6) is 1.04. The maximum absolute atomic E-state index is 11.8. The Morgan fingerprint density at radius 2 is 1.56 bits per heavy atom. The minimum absolute atomic E-state index is 0. The predicted molar refractivity (Wildman–Crippen MR) is 102 cm³/mol. The van der Waals surface area contributed by atoms with Crippen LogP contribution in [0.1, 0.15) is 12.5 Å². The zero-order valence-electron chi connectivity index (χ0n) is 14.4. The van der Waals surface area contributed by atoms with Crippen molar-refractivity contribution in [3.8, 4) is 11.5 Å². The third-order valence-electron chi connectivity index (χ3n) is 3.32. The van der Waals surface area contributed by atoms with E-state index in [-0.39, 0.29) is 24.9 Å². The van der Waals surface area contributed by atoms with Gasteiger partial charge in [0.05, 0.1) is 0 Å². The van der Waals surface area contributed by atoms with E-state index in [4.69, 9.17) is 9.47 Å². The molecule has 2 aromatic rings. The number of benzene rings is 2. The quantitative estimate of drug-likeness (QED) is 0.636. The second-order valence-electron chi connectivity index (χ2n) is 5.21. The molecule has 0 saturated heterocycles. The first kappa shape index (κ1) is 20.8. The molecule has 25 heavy (non-hydrogen) atoms. The SMILES string of the molecule is CCNCCNC(=O)COc1ccccc1OCc1ccccc1.Cl. The topological polar surface area (TPSA) is 59.6 Å². The molecule has 0 radical (unpaired) electrons. The maximum Gasteiger partial charge on any atom is 0.257 e. The molecule has 0 saturated carbocycles. The van der Waals surface area contributed by atoms with Gasteiger partial charge in [-0.05, 0) is 24.2 Å². The summed E-state index contributed by atoms with van der Waals surface area (Å²) in [7, 11) is 0. The Hall–Kier alpha value is -2.24. The summed E-state index contributed by atoms with van der Waals surface area (Å²) >= 11 is 0. The van der Waals surface area contributed by atoms with Crippen molar-refractivity contribution in [1.82, 2.24) is 10.6 Å². The van der Waals surface area contributed by atoms with E-state index in [0.717, 1.165) is 18.7 Å². The third-order valence-corrected chi connectivity index (χ3v) is 3.32. The number of nitrogens with one attached hydrogen (secondary N) is 2. The molecule has 2 rings (SSSR count). The van der Waals surface area contributed by atoms with Crippen LogP contribution in [0.3, 0.4) is 0 Å². The number of amides is 1. The summed E-state index contributed by atoms with van der Waals surface area (Å²) in [5, 5.41) is 5.94. The minimum atomic E-state index is -0.147. The lowest BCUT2D eigenvalue weighted by atomic mass is 10.2. The van der Waals surface area contributed by atoms with E-state index in [9.17, 15) is 4.79 Å². The number of ether oxygens (including phenoxy) is 2. The van der Waals surface area contributed by atoms with Crippen LogP contribution >= 0.6 is 12.4 Å². The van der Waals surface area contributed by atoms with Gasteiger partial charge in [0, 0.05) is 13.1 Å². The van der Waals surface area contributed by atoms with Crippen LogP contribution in [0.25, 0.3) is 0 Å². The standard InChI is InChI=1S/C19H24N2O3.ClH/c1-2-20-12-13-21-19(22)15-24-18-11-7-6-10-17(18)23-14-16-8-4-3-5-9-16;/h3-11,20H,2,12-15H2,1H3,(H,21,22);1H. The van der Waals surface area contributed by atoms with Gasteiger partial charge in [0.1, 0.15) is 6.61 Å². The second kappa shape index (κ2) is 12.2. The van der Waals surface area contributed by atoms with Crippen LogP contribution in [0.5, 0.6) is 11.5 Å². The van der Waals surface area contributed by atoms with Gasteiger partial charge in [-0.3, -0.25) is 4.79 Å². The molecular weight excluding hydrogens is 340 g/mol. The first-order valence-corrected chi connectivity index (χ1v) is 8.15. The zero-order chi connectivity index (χ0) is 17.0. The van der Waals surface area contributed by atoms with E-state index in [1.807, 2.05) is 55.5 Å². The lowest BCUT2D eigenvalue weighted by Crippen LogP contribution is -2.34.